The molecule has 39 heavy (non-hydrogen) atoms. The third-order valence-electron chi connectivity index (χ3n) is 7.99. The molecule has 0 heterocycles. The van der Waals surface area contributed by atoms with Gasteiger partial charge in [0.1, 0.15) is 5.82 Å². The molecule has 3 aromatic carbocycles. The molecule has 2 fully saturated rings. The summed E-state index contributed by atoms with van der Waals surface area (Å²) in [4.78, 5) is 29.1. The van der Waals surface area contributed by atoms with Gasteiger partial charge in [-0.15, -0.1) is 0 Å². The van der Waals surface area contributed by atoms with E-state index in [1.54, 1.807) is 6.07 Å². The van der Waals surface area contributed by atoms with E-state index in [2.05, 4.69) is 29.0 Å². The SMILES string of the molecule is [2H][C@H](c1ccc(-c2ccc(N(C)C)cc2)cc1)N(C(=O)[C@H]1C[C@@H]2CC[C@H]1C2)c1cc(F)cc(/C=C/C(=O)OC)c1. The van der Waals surface area contributed by atoms with E-state index >= 15 is 0 Å². The van der Waals surface area contributed by atoms with Gasteiger partial charge in [-0.3, -0.25) is 4.79 Å². The smallest absolute Gasteiger partial charge is 0.330 e. The summed E-state index contributed by atoms with van der Waals surface area (Å²) < 4.78 is 28.7. The normalized spacial score (nSPS) is 21.0. The third kappa shape index (κ3) is 6.06. The quantitative estimate of drug-likeness (QED) is 0.241. The molecule has 1 amide bonds. The maximum Gasteiger partial charge on any atom is 0.330 e. The molecular weight excluding hydrogens is 491 g/mol. The number of esters is 1. The standard InChI is InChI=1S/C33H35FN2O3/c1-35(2)29-13-11-26(12-14-29)25-8-4-22(5-9-25)21-36(33(38)31-19-23-6-10-27(31)16-23)30-18-24(17-28(34)20-30)7-15-32(37)39-3/h4-5,7-9,11-15,17-18,20,23,27,31H,6,10,16,19,21H2,1-3H3/b15-7+/t23-,27+,31+/m1/s1/i21D/t21-,23-,27+,31+. The first-order valence-corrected chi connectivity index (χ1v) is 13.4. The van der Waals surface area contributed by atoms with Crippen LogP contribution in [0.25, 0.3) is 17.2 Å². The van der Waals surface area contributed by atoms with Gasteiger partial charge in [0.2, 0.25) is 5.91 Å². The summed E-state index contributed by atoms with van der Waals surface area (Å²) in [7, 11) is 5.27. The first-order chi connectivity index (χ1) is 19.2. The zero-order chi connectivity index (χ0) is 28.4. The van der Waals surface area contributed by atoms with Crippen LogP contribution in [0, 0.1) is 23.6 Å². The predicted octanol–water partition coefficient (Wildman–Crippen LogP) is 6.71. The molecule has 0 N–H and O–H groups in total. The summed E-state index contributed by atoms with van der Waals surface area (Å²) in [5.74, 6) is -0.546. The van der Waals surface area contributed by atoms with Crippen molar-refractivity contribution in [3.8, 4) is 11.1 Å². The average molecular weight is 528 g/mol. The lowest BCUT2D eigenvalue weighted by molar-refractivity contribution is -0.134. The Morgan fingerprint density at radius 1 is 0.974 bits per heavy atom. The average Bonchev–Trinajstić information content (AvgIpc) is 3.60. The molecule has 0 saturated heterocycles. The number of hydrogen-bond donors (Lipinski definition) is 0. The number of nitrogens with zero attached hydrogens (tertiary/aromatic N) is 2. The van der Waals surface area contributed by atoms with E-state index in [9.17, 15) is 15.4 Å². The van der Waals surface area contributed by atoms with Gasteiger partial charge >= 0.3 is 5.97 Å². The van der Waals surface area contributed by atoms with E-state index in [0.717, 1.165) is 42.5 Å². The number of anilines is 2. The second-order valence-corrected chi connectivity index (χ2v) is 10.8. The van der Waals surface area contributed by atoms with Crippen molar-refractivity contribution in [1.82, 2.24) is 0 Å². The zero-order valence-electron chi connectivity index (χ0n) is 23.6. The Morgan fingerprint density at radius 2 is 1.67 bits per heavy atom. The number of halogens is 1. The maximum atomic E-state index is 14.8. The molecule has 2 aliphatic carbocycles. The van der Waals surface area contributed by atoms with Crippen molar-refractivity contribution < 1.29 is 20.1 Å². The number of ether oxygens (including phenoxy) is 1. The van der Waals surface area contributed by atoms with E-state index in [1.807, 2.05) is 43.3 Å². The van der Waals surface area contributed by atoms with Crippen molar-refractivity contribution >= 4 is 29.3 Å². The molecule has 2 aliphatic rings. The van der Waals surface area contributed by atoms with Crippen LogP contribution in [0.15, 0.2) is 72.8 Å². The number of amides is 1. The van der Waals surface area contributed by atoms with Crippen molar-refractivity contribution in [1.29, 1.82) is 0 Å². The van der Waals surface area contributed by atoms with E-state index in [-0.39, 0.29) is 11.8 Å². The van der Waals surface area contributed by atoms with Gasteiger partial charge in [-0.05, 0) is 89.8 Å². The maximum absolute atomic E-state index is 14.8. The number of fused-ring (bicyclic) bond motifs is 2. The van der Waals surface area contributed by atoms with E-state index in [4.69, 9.17) is 0 Å². The first-order valence-electron chi connectivity index (χ1n) is 14.0. The molecule has 5 rings (SSSR count). The number of rotatable bonds is 8. The van der Waals surface area contributed by atoms with Gasteiger partial charge in [0.05, 0.1) is 15.0 Å². The molecule has 5 nitrogen and oxygen atoms in total. The highest BCUT2D eigenvalue weighted by molar-refractivity contribution is 5.96. The van der Waals surface area contributed by atoms with Crippen LogP contribution in [0.3, 0.4) is 0 Å². The number of carbonyl (C=O) groups excluding carboxylic acids is 2. The Labute approximate surface area is 231 Å². The third-order valence-corrected chi connectivity index (χ3v) is 7.99. The lowest BCUT2D eigenvalue weighted by atomic mass is 9.87. The van der Waals surface area contributed by atoms with Crippen molar-refractivity contribution in [3.63, 3.8) is 0 Å². The summed E-state index contributed by atoms with van der Waals surface area (Å²) >= 11 is 0. The Balaban J connectivity index is 1.47. The van der Waals surface area contributed by atoms with E-state index in [0.29, 0.717) is 28.7 Å². The molecular formula is C33H35FN2O3. The molecule has 6 heteroatoms. The van der Waals surface area contributed by atoms with Gasteiger partial charge in [0, 0.05) is 37.5 Å². The highest BCUT2D eigenvalue weighted by Crippen LogP contribution is 2.49. The summed E-state index contributed by atoms with van der Waals surface area (Å²) in [5, 5.41) is 0. The van der Waals surface area contributed by atoms with Crippen LogP contribution < -0.4 is 9.80 Å². The van der Waals surface area contributed by atoms with E-state index in [1.165, 1.54) is 36.3 Å². The summed E-state index contributed by atoms with van der Waals surface area (Å²) in [6.45, 7) is -1.06. The van der Waals surface area contributed by atoms with Crippen molar-refractivity contribution in [2.24, 2.45) is 17.8 Å². The van der Waals surface area contributed by atoms with Crippen LogP contribution in [0.2, 0.25) is 0 Å². The number of carbonyl (C=O) groups is 2. The largest absolute Gasteiger partial charge is 0.466 e. The van der Waals surface area contributed by atoms with Crippen molar-refractivity contribution in [3.05, 3.63) is 89.8 Å². The minimum Gasteiger partial charge on any atom is -0.466 e. The minimum atomic E-state index is -1.06. The topological polar surface area (TPSA) is 49.9 Å². The fourth-order valence-corrected chi connectivity index (χ4v) is 5.92. The molecule has 0 radical (unpaired) electrons. The fraction of sp³-hybridized carbons (Fsp3) is 0.333. The molecule has 0 aromatic heterocycles. The van der Waals surface area contributed by atoms with Crippen LogP contribution in [-0.4, -0.2) is 33.1 Å². The Kier molecular flexibility index (Phi) is 7.44. The van der Waals surface area contributed by atoms with Gasteiger partial charge in [-0.25, -0.2) is 9.18 Å². The fourth-order valence-electron chi connectivity index (χ4n) is 5.92. The van der Waals surface area contributed by atoms with Crippen molar-refractivity contribution in [2.75, 3.05) is 31.0 Å². The summed E-state index contributed by atoms with van der Waals surface area (Å²) in [5.41, 5.74) is 4.53. The van der Waals surface area contributed by atoms with Crippen LogP contribution in [-0.2, 0) is 20.8 Å². The number of benzene rings is 3. The molecule has 0 spiro atoms. The van der Waals surface area contributed by atoms with Crippen LogP contribution in [0.1, 0.15) is 38.2 Å². The lowest BCUT2D eigenvalue weighted by Crippen LogP contribution is -2.38. The van der Waals surface area contributed by atoms with Gasteiger partial charge in [-0.2, -0.15) is 0 Å². The van der Waals surface area contributed by atoms with Crippen LogP contribution in [0.4, 0.5) is 15.8 Å². The highest BCUT2D eigenvalue weighted by Gasteiger charge is 2.44. The first kappa shape index (κ1) is 25.4. The van der Waals surface area contributed by atoms with Gasteiger partial charge in [-0.1, -0.05) is 42.8 Å². The molecule has 2 bridgehead atoms. The lowest BCUT2D eigenvalue weighted by Gasteiger charge is -2.30. The molecule has 202 valence electrons. The molecule has 0 unspecified atom stereocenters. The monoisotopic (exact) mass is 527 g/mol. The Bertz CT molecular complexity index is 1400. The molecule has 3 aromatic rings. The van der Waals surface area contributed by atoms with Crippen LogP contribution in [0.5, 0.6) is 0 Å². The van der Waals surface area contributed by atoms with Crippen molar-refractivity contribution in [2.45, 2.75) is 32.2 Å². The predicted molar refractivity (Wildman–Crippen MR) is 154 cm³/mol. The molecule has 2 saturated carbocycles. The highest BCUT2D eigenvalue weighted by atomic mass is 19.1. The van der Waals surface area contributed by atoms with Gasteiger partial charge in [0.15, 0.2) is 0 Å². The Morgan fingerprint density at radius 3 is 2.26 bits per heavy atom. The molecule has 0 aliphatic heterocycles. The zero-order valence-corrected chi connectivity index (χ0v) is 22.6. The molecule has 4 atom stereocenters. The Hall–Kier alpha value is -3.93. The summed E-state index contributed by atoms with van der Waals surface area (Å²) in [6.07, 6.45) is 6.70. The minimum absolute atomic E-state index is 0.135. The van der Waals surface area contributed by atoms with Gasteiger partial charge < -0.3 is 14.5 Å². The van der Waals surface area contributed by atoms with E-state index < -0.39 is 18.3 Å². The second kappa shape index (κ2) is 11.4. The van der Waals surface area contributed by atoms with Crippen LogP contribution >= 0.6 is 0 Å². The number of hydrogen-bond acceptors (Lipinski definition) is 4. The number of methoxy groups -OCH3 is 1. The van der Waals surface area contributed by atoms with Gasteiger partial charge in [0.25, 0.3) is 0 Å². The summed E-state index contributed by atoms with van der Waals surface area (Å²) in [6, 6.07) is 20.1. The second-order valence-electron chi connectivity index (χ2n) is 10.8.